The van der Waals surface area contributed by atoms with Gasteiger partial charge in [0.1, 0.15) is 0 Å². The van der Waals surface area contributed by atoms with Crippen LogP contribution in [0.25, 0.3) is 0 Å². The zero-order valence-corrected chi connectivity index (χ0v) is 11.7. The van der Waals surface area contributed by atoms with Crippen molar-refractivity contribution < 1.29 is 0 Å². The van der Waals surface area contributed by atoms with Gasteiger partial charge in [-0.3, -0.25) is 0 Å². The second kappa shape index (κ2) is 5.18. The van der Waals surface area contributed by atoms with E-state index in [-0.39, 0.29) is 0 Å². The number of hydrogen-bond donors (Lipinski definition) is 1. The van der Waals surface area contributed by atoms with Gasteiger partial charge in [0, 0.05) is 6.04 Å². The molecular formula is C18H21N. The average molecular weight is 251 g/mol. The maximum absolute atomic E-state index is 3.68. The smallest absolute Gasteiger partial charge is 0.0363 e. The third-order valence-corrected chi connectivity index (χ3v) is 4.27. The number of aryl methyl sites for hydroxylation is 2. The molecule has 19 heavy (non-hydrogen) atoms. The molecule has 0 amide bonds. The Morgan fingerprint density at radius 1 is 1.00 bits per heavy atom. The van der Waals surface area contributed by atoms with Gasteiger partial charge in [0.15, 0.2) is 0 Å². The molecule has 0 aromatic heterocycles. The number of nitrogens with one attached hydrogen (secondary N) is 1. The van der Waals surface area contributed by atoms with Crippen molar-refractivity contribution in [3.8, 4) is 0 Å². The molecule has 1 aliphatic heterocycles. The lowest BCUT2D eigenvalue weighted by Gasteiger charge is -2.28. The Morgan fingerprint density at radius 2 is 1.74 bits per heavy atom. The van der Waals surface area contributed by atoms with Gasteiger partial charge in [-0.1, -0.05) is 42.5 Å². The lowest BCUT2D eigenvalue weighted by atomic mass is 9.88. The second-order valence-electron chi connectivity index (χ2n) is 5.53. The lowest BCUT2D eigenvalue weighted by Crippen LogP contribution is -2.31. The Kier molecular flexibility index (Phi) is 3.39. The summed E-state index contributed by atoms with van der Waals surface area (Å²) in [6.07, 6.45) is 2.24. The number of hydrogen-bond acceptors (Lipinski definition) is 1. The molecule has 0 aliphatic carbocycles. The van der Waals surface area contributed by atoms with Crippen molar-refractivity contribution in [2.24, 2.45) is 0 Å². The van der Waals surface area contributed by atoms with Gasteiger partial charge in [-0.2, -0.15) is 0 Å². The van der Waals surface area contributed by atoms with E-state index in [4.69, 9.17) is 0 Å². The molecule has 1 nitrogen and oxygen atoms in total. The monoisotopic (exact) mass is 251 g/mol. The largest absolute Gasteiger partial charge is 0.309 e. The zero-order valence-electron chi connectivity index (χ0n) is 11.7. The van der Waals surface area contributed by atoms with Crippen molar-refractivity contribution in [3.05, 3.63) is 70.3 Å². The van der Waals surface area contributed by atoms with Crippen LogP contribution in [-0.2, 0) is 12.8 Å². The Hall–Kier alpha value is -1.60. The first-order valence-corrected chi connectivity index (χ1v) is 7.12. The van der Waals surface area contributed by atoms with Crippen LogP contribution >= 0.6 is 0 Å². The number of benzene rings is 2. The summed E-state index contributed by atoms with van der Waals surface area (Å²) in [5, 5.41) is 3.68. The molecule has 1 N–H and O–H groups in total. The zero-order chi connectivity index (χ0) is 13.2. The van der Waals surface area contributed by atoms with Gasteiger partial charge in [-0.05, 0) is 61.1 Å². The molecule has 0 spiro atoms. The molecule has 98 valence electrons. The fourth-order valence-corrected chi connectivity index (χ4v) is 3.15. The Balaban J connectivity index is 1.93. The standard InChI is InChI=1S/C18H21N/c1-13-6-5-7-14(2)17(13)12-18-16-9-4-3-8-15(16)10-11-19-18/h3-9,18-19H,10-12H2,1-2H3. The molecule has 0 fully saturated rings. The van der Waals surface area contributed by atoms with Crippen LogP contribution in [0.15, 0.2) is 42.5 Å². The summed E-state index contributed by atoms with van der Waals surface area (Å²) in [4.78, 5) is 0. The minimum atomic E-state index is 0.463. The van der Waals surface area contributed by atoms with Crippen LogP contribution < -0.4 is 5.32 Å². The topological polar surface area (TPSA) is 12.0 Å². The quantitative estimate of drug-likeness (QED) is 0.857. The van der Waals surface area contributed by atoms with Gasteiger partial charge >= 0.3 is 0 Å². The minimum absolute atomic E-state index is 0.463. The summed E-state index contributed by atoms with van der Waals surface area (Å²) in [6, 6.07) is 15.9. The van der Waals surface area contributed by atoms with E-state index in [0.29, 0.717) is 6.04 Å². The maximum Gasteiger partial charge on any atom is 0.0363 e. The molecule has 1 atom stereocenters. The highest BCUT2D eigenvalue weighted by molar-refractivity contribution is 5.38. The molecule has 1 heterocycles. The van der Waals surface area contributed by atoms with Gasteiger partial charge in [0.2, 0.25) is 0 Å². The summed E-state index contributed by atoms with van der Waals surface area (Å²) in [7, 11) is 0. The molecular weight excluding hydrogens is 230 g/mol. The molecule has 0 saturated heterocycles. The first-order valence-electron chi connectivity index (χ1n) is 7.12. The van der Waals surface area contributed by atoms with Crippen molar-refractivity contribution in [1.82, 2.24) is 5.32 Å². The third-order valence-electron chi connectivity index (χ3n) is 4.27. The predicted octanol–water partition coefficient (Wildman–Crippen LogP) is 3.73. The summed E-state index contributed by atoms with van der Waals surface area (Å²) < 4.78 is 0. The molecule has 1 aliphatic rings. The van der Waals surface area contributed by atoms with Crippen LogP contribution in [0.5, 0.6) is 0 Å². The molecule has 2 aromatic carbocycles. The Bertz CT molecular complexity index is 566. The average Bonchev–Trinajstić information content (AvgIpc) is 2.43. The molecule has 0 radical (unpaired) electrons. The molecule has 1 unspecified atom stereocenters. The van der Waals surface area contributed by atoms with Gasteiger partial charge in [0.25, 0.3) is 0 Å². The van der Waals surface area contributed by atoms with Crippen LogP contribution in [-0.4, -0.2) is 6.54 Å². The van der Waals surface area contributed by atoms with Crippen LogP contribution in [0.2, 0.25) is 0 Å². The van der Waals surface area contributed by atoms with E-state index in [1.807, 2.05) is 0 Å². The van der Waals surface area contributed by atoms with Crippen LogP contribution in [0, 0.1) is 13.8 Å². The van der Waals surface area contributed by atoms with E-state index >= 15 is 0 Å². The fourth-order valence-electron chi connectivity index (χ4n) is 3.15. The van der Waals surface area contributed by atoms with Crippen LogP contribution in [0.3, 0.4) is 0 Å². The first-order chi connectivity index (χ1) is 9.25. The molecule has 2 aromatic rings. The Labute approximate surface area is 115 Å². The predicted molar refractivity (Wildman–Crippen MR) is 80.5 cm³/mol. The second-order valence-corrected chi connectivity index (χ2v) is 5.53. The van der Waals surface area contributed by atoms with Crippen molar-refractivity contribution in [3.63, 3.8) is 0 Å². The number of fused-ring (bicyclic) bond motifs is 1. The SMILES string of the molecule is Cc1cccc(C)c1CC1NCCc2ccccc21. The fraction of sp³-hybridized carbons (Fsp3) is 0.333. The Morgan fingerprint density at radius 3 is 2.53 bits per heavy atom. The van der Waals surface area contributed by atoms with Crippen molar-refractivity contribution >= 4 is 0 Å². The van der Waals surface area contributed by atoms with Crippen molar-refractivity contribution in [2.45, 2.75) is 32.7 Å². The van der Waals surface area contributed by atoms with E-state index in [2.05, 4.69) is 61.6 Å². The maximum atomic E-state index is 3.68. The summed E-state index contributed by atoms with van der Waals surface area (Å²) in [5.41, 5.74) is 7.31. The highest BCUT2D eigenvalue weighted by Gasteiger charge is 2.20. The van der Waals surface area contributed by atoms with Gasteiger partial charge in [-0.15, -0.1) is 0 Å². The summed E-state index contributed by atoms with van der Waals surface area (Å²) in [6.45, 7) is 5.53. The minimum Gasteiger partial charge on any atom is -0.309 e. The first kappa shape index (κ1) is 12.4. The van der Waals surface area contributed by atoms with E-state index < -0.39 is 0 Å². The number of rotatable bonds is 2. The van der Waals surface area contributed by atoms with E-state index in [1.165, 1.54) is 27.8 Å². The normalized spacial score (nSPS) is 18.1. The van der Waals surface area contributed by atoms with E-state index in [0.717, 1.165) is 19.4 Å². The van der Waals surface area contributed by atoms with Crippen LogP contribution in [0.1, 0.15) is 33.9 Å². The molecule has 1 heteroatoms. The summed E-state index contributed by atoms with van der Waals surface area (Å²) in [5.74, 6) is 0. The van der Waals surface area contributed by atoms with Crippen molar-refractivity contribution in [2.75, 3.05) is 6.54 Å². The highest BCUT2D eigenvalue weighted by Crippen LogP contribution is 2.27. The van der Waals surface area contributed by atoms with Gasteiger partial charge in [-0.25, -0.2) is 0 Å². The van der Waals surface area contributed by atoms with Gasteiger partial charge < -0.3 is 5.32 Å². The molecule has 0 saturated carbocycles. The van der Waals surface area contributed by atoms with E-state index in [9.17, 15) is 0 Å². The van der Waals surface area contributed by atoms with E-state index in [1.54, 1.807) is 0 Å². The van der Waals surface area contributed by atoms with Crippen molar-refractivity contribution in [1.29, 1.82) is 0 Å². The highest BCUT2D eigenvalue weighted by atomic mass is 14.9. The van der Waals surface area contributed by atoms with Crippen LogP contribution in [0.4, 0.5) is 0 Å². The summed E-state index contributed by atoms with van der Waals surface area (Å²) >= 11 is 0. The lowest BCUT2D eigenvalue weighted by molar-refractivity contribution is 0.501. The third kappa shape index (κ3) is 2.43. The van der Waals surface area contributed by atoms with Gasteiger partial charge in [0.05, 0.1) is 0 Å². The molecule has 0 bridgehead atoms. The molecule has 3 rings (SSSR count).